The summed E-state index contributed by atoms with van der Waals surface area (Å²) < 4.78 is 32.2. The number of benzene rings is 2. The van der Waals surface area contributed by atoms with Crippen molar-refractivity contribution in [2.24, 2.45) is 0 Å². The zero-order chi connectivity index (χ0) is 18.3. The lowest BCUT2D eigenvalue weighted by Crippen LogP contribution is -2.45. The molecule has 0 aromatic heterocycles. The Bertz CT molecular complexity index is 790. The summed E-state index contributed by atoms with van der Waals surface area (Å²) in [7, 11) is -3.72. The highest BCUT2D eigenvalue weighted by atomic mass is 32.2. The molecule has 7 heteroatoms. The van der Waals surface area contributed by atoms with Gasteiger partial charge in [-0.15, -0.1) is 0 Å². The minimum absolute atomic E-state index is 0.123. The Morgan fingerprint density at radius 2 is 1.72 bits per heavy atom. The second-order valence-corrected chi connectivity index (χ2v) is 7.32. The van der Waals surface area contributed by atoms with Crippen molar-refractivity contribution in [1.82, 2.24) is 10.0 Å². The number of sulfonamides is 1. The van der Waals surface area contributed by atoms with Crippen molar-refractivity contribution >= 4 is 15.9 Å². The largest absolute Gasteiger partial charge is 0.492 e. The van der Waals surface area contributed by atoms with E-state index in [-0.39, 0.29) is 11.4 Å². The van der Waals surface area contributed by atoms with Crippen molar-refractivity contribution in [3.05, 3.63) is 60.2 Å². The Morgan fingerprint density at radius 3 is 2.36 bits per heavy atom. The normalized spacial score (nSPS) is 12.4. The highest BCUT2D eigenvalue weighted by Gasteiger charge is 2.21. The van der Waals surface area contributed by atoms with E-state index >= 15 is 0 Å². The van der Waals surface area contributed by atoms with E-state index < -0.39 is 22.0 Å². The summed E-state index contributed by atoms with van der Waals surface area (Å²) in [4.78, 5) is 12.1. The van der Waals surface area contributed by atoms with Crippen LogP contribution in [-0.2, 0) is 14.8 Å². The van der Waals surface area contributed by atoms with Gasteiger partial charge in [0.15, 0.2) is 0 Å². The molecule has 1 amide bonds. The summed E-state index contributed by atoms with van der Waals surface area (Å²) in [5, 5.41) is 2.65. The molecule has 2 N–H and O–H groups in total. The van der Waals surface area contributed by atoms with Crippen molar-refractivity contribution in [3.8, 4) is 5.75 Å². The standard InChI is InChI=1S/C18H22N2O4S/c1-14-8-10-16(11-9-14)24-13-12-19-18(21)15(2)20-25(22,23)17-6-4-3-5-7-17/h3-11,15,20H,12-13H2,1-2H3,(H,19,21). The number of hydrogen-bond acceptors (Lipinski definition) is 4. The second kappa shape index (κ2) is 8.64. The topological polar surface area (TPSA) is 84.5 Å². The maximum Gasteiger partial charge on any atom is 0.241 e. The second-order valence-electron chi connectivity index (χ2n) is 5.61. The van der Waals surface area contributed by atoms with Gasteiger partial charge in [0.05, 0.1) is 17.5 Å². The molecule has 0 bridgehead atoms. The summed E-state index contributed by atoms with van der Waals surface area (Å²) in [5.41, 5.74) is 1.14. The van der Waals surface area contributed by atoms with Gasteiger partial charge in [-0.2, -0.15) is 4.72 Å². The number of aryl methyl sites for hydroxylation is 1. The Balaban J connectivity index is 1.77. The lowest BCUT2D eigenvalue weighted by molar-refractivity contribution is -0.122. The van der Waals surface area contributed by atoms with Gasteiger partial charge in [0, 0.05) is 0 Å². The van der Waals surface area contributed by atoms with Gasteiger partial charge in [-0.1, -0.05) is 35.9 Å². The Hall–Kier alpha value is -2.38. The summed E-state index contributed by atoms with van der Waals surface area (Å²) >= 11 is 0. The molecule has 0 aliphatic rings. The Labute approximate surface area is 148 Å². The number of nitrogens with one attached hydrogen (secondary N) is 2. The van der Waals surface area contributed by atoms with E-state index in [0.717, 1.165) is 11.3 Å². The van der Waals surface area contributed by atoms with Crippen molar-refractivity contribution < 1.29 is 17.9 Å². The van der Waals surface area contributed by atoms with Crippen LogP contribution in [0.1, 0.15) is 12.5 Å². The molecule has 0 spiro atoms. The molecule has 1 unspecified atom stereocenters. The van der Waals surface area contributed by atoms with Crippen LogP contribution in [0.4, 0.5) is 0 Å². The van der Waals surface area contributed by atoms with Gasteiger partial charge in [0.1, 0.15) is 12.4 Å². The van der Waals surface area contributed by atoms with E-state index in [0.29, 0.717) is 6.61 Å². The third kappa shape index (κ3) is 5.88. The average molecular weight is 362 g/mol. The van der Waals surface area contributed by atoms with E-state index in [9.17, 15) is 13.2 Å². The molecular weight excluding hydrogens is 340 g/mol. The van der Waals surface area contributed by atoms with Crippen LogP contribution >= 0.6 is 0 Å². The Kier molecular flexibility index (Phi) is 6.55. The van der Waals surface area contributed by atoms with Crippen LogP contribution < -0.4 is 14.8 Å². The number of rotatable bonds is 8. The molecule has 0 radical (unpaired) electrons. The number of amides is 1. The molecule has 0 fully saturated rings. The third-order valence-corrected chi connectivity index (χ3v) is 5.03. The summed E-state index contributed by atoms with van der Waals surface area (Å²) in [5.74, 6) is 0.310. The van der Waals surface area contributed by atoms with Gasteiger partial charge in [0.25, 0.3) is 0 Å². The first-order valence-electron chi connectivity index (χ1n) is 7.93. The van der Waals surface area contributed by atoms with E-state index in [1.807, 2.05) is 31.2 Å². The van der Waals surface area contributed by atoms with Crippen LogP contribution in [0.15, 0.2) is 59.5 Å². The molecule has 1 atom stereocenters. The van der Waals surface area contributed by atoms with E-state index in [2.05, 4.69) is 10.0 Å². The highest BCUT2D eigenvalue weighted by molar-refractivity contribution is 7.89. The van der Waals surface area contributed by atoms with E-state index in [1.54, 1.807) is 18.2 Å². The fraction of sp³-hybridized carbons (Fsp3) is 0.278. The first-order chi connectivity index (χ1) is 11.9. The fourth-order valence-corrected chi connectivity index (χ4v) is 3.31. The SMILES string of the molecule is Cc1ccc(OCCNC(=O)C(C)NS(=O)(=O)c2ccccc2)cc1. The molecule has 25 heavy (non-hydrogen) atoms. The van der Waals surface area contributed by atoms with Crippen LogP contribution in [0, 0.1) is 6.92 Å². The van der Waals surface area contributed by atoms with E-state index in [1.165, 1.54) is 19.1 Å². The molecule has 6 nitrogen and oxygen atoms in total. The Morgan fingerprint density at radius 1 is 1.08 bits per heavy atom. The number of hydrogen-bond donors (Lipinski definition) is 2. The fourth-order valence-electron chi connectivity index (χ4n) is 2.08. The number of carbonyl (C=O) groups excluding carboxylic acids is 1. The number of carbonyl (C=O) groups is 1. The zero-order valence-corrected chi connectivity index (χ0v) is 15.0. The lowest BCUT2D eigenvalue weighted by Gasteiger charge is -2.14. The summed E-state index contributed by atoms with van der Waals surface area (Å²) in [6, 6.07) is 14.6. The molecule has 0 saturated carbocycles. The molecule has 2 rings (SSSR count). The van der Waals surface area contributed by atoms with Gasteiger partial charge < -0.3 is 10.1 Å². The predicted octanol–water partition coefficient (Wildman–Crippen LogP) is 1.86. The predicted molar refractivity (Wildman–Crippen MR) is 95.9 cm³/mol. The van der Waals surface area contributed by atoms with Crippen LogP contribution in [0.25, 0.3) is 0 Å². The zero-order valence-electron chi connectivity index (χ0n) is 14.2. The average Bonchev–Trinajstić information content (AvgIpc) is 2.60. The number of ether oxygens (including phenoxy) is 1. The molecule has 134 valence electrons. The first-order valence-corrected chi connectivity index (χ1v) is 9.41. The van der Waals surface area contributed by atoms with Crippen molar-refractivity contribution in [2.75, 3.05) is 13.2 Å². The van der Waals surface area contributed by atoms with Crippen molar-refractivity contribution in [2.45, 2.75) is 24.8 Å². The molecular formula is C18H22N2O4S. The maximum atomic E-state index is 12.2. The molecule has 2 aromatic rings. The quantitative estimate of drug-likeness (QED) is 0.702. The maximum absolute atomic E-state index is 12.2. The summed E-state index contributed by atoms with van der Waals surface area (Å²) in [6.07, 6.45) is 0. The van der Waals surface area contributed by atoms with Crippen molar-refractivity contribution in [1.29, 1.82) is 0 Å². The minimum Gasteiger partial charge on any atom is -0.492 e. The molecule has 0 aliphatic heterocycles. The van der Waals surface area contributed by atoms with Gasteiger partial charge in [0.2, 0.25) is 15.9 Å². The monoisotopic (exact) mass is 362 g/mol. The van der Waals surface area contributed by atoms with Crippen LogP contribution in [0.2, 0.25) is 0 Å². The van der Waals surface area contributed by atoms with E-state index in [4.69, 9.17) is 4.74 Å². The minimum atomic E-state index is -3.72. The van der Waals surface area contributed by atoms with Gasteiger partial charge in [-0.3, -0.25) is 4.79 Å². The van der Waals surface area contributed by atoms with Gasteiger partial charge in [-0.05, 0) is 38.1 Å². The van der Waals surface area contributed by atoms with Crippen LogP contribution in [0.5, 0.6) is 5.75 Å². The van der Waals surface area contributed by atoms with Gasteiger partial charge >= 0.3 is 0 Å². The smallest absolute Gasteiger partial charge is 0.241 e. The van der Waals surface area contributed by atoms with Crippen LogP contribution in [-0.4, -0.2) is 33.5 Å². The lowest BCUT2D eigenvalue weighted by atomic mass is 10.2. The molecule has 2 aromatic carbocycles. The van der Waals surface area contributed by atoms with Crippen molar-refractivity contribution in [3.63, 3.8) is 0 Å². The first kappa shape index (κ1) is 19.0. The molecule has 0 heterocycles. The highest BCUT2D eigenvalue weighted by Crippen LogP contribution is 2.11. The summed E-state index contributed by atoms with van der Waals surface area (Å²) in [6.45, 7) is 4.07. The molecule has 0 saturated heterocycles. The van der Waals surface area contributed by atoms with Gasteiger partial charge in [-0.25, -0.2) is 8.42 Å². The van der Waals surface area contributed by atoms with Crippen LogP contribution in [0.3, 0.4) is 0 Å². The molecule has 0 aliphatic carbocycles. The third-order valence-electron chi connectivity index (χ3n) is 3.47.